The fourth-order valence-electron chi connectivity index (χ4n) is 2.63. The smallest absolute Gasteiger partial charge is 0.274 e. The van der Waals surface area contributed by atoms with Crippen molar-refractivity contribution in [2.75, 3.05) is 0 Å². The topological polar surface area (TPSA) is 86.1 Å². The zero-order valence-electron chi connectivity index (χ0n) is 14.1. The van der Waals surface area contributed by atoms with Gasteiger partial charge in [-0.2, -0.15) is 4.98 Å². The third kappa shape index (κ3) is 3.93. The number of nitrogens with one attached hydrogen (secondary N) is 1. The van der Waals surface area contributed by atoms with Gasteiger partial charge in [0.15, 0.2) is 0 Å². The number of hydrogen-bond acceptors (Lipinski definition) is 5. The highest BCUT2D eigenvalue weighted by molar-refractivity contribution is 6.30. The molecule has 0 atom stereocenters. The molecule has 0 aliphatic carbocycles. The largest absolute Gasteiger partial charge is 0.467 e. The Morgan fingerprint density at radius 3 is 2.93 bits per heavy atom. The molecule has 0 bridgehead atoms. The number of carbonyl (C=O) groups is 1. The van der Waals surface area contributed by atoms with Crippen LogP contribution >= 0.6 is 11.6 Å². The van der Waals surface area contributed by atoms with E-state index in [2.05, 4.69) is 15.5 Å². The summed E-state index contributed by atoms with van der Waals surface area (Å²) in [6.07, 6.45) is 3.35. The van der Waals surface area contributed by atoms with Crippen molar-refractivity contribution in [3.05, 3.63) is 71.8 Å². The van der Waals surface area contributed by atoms with Crippen molar-refractivity contribution in [3.8, 4) is 23.0 Å². The van der Waals surface area contributed by atoms with Crippen molar-refractivity contribution in [2.24, 2.45) is 0 Å². The maximum absolute atomic E-state index is 12.2. The van der Waals surface area contributed by atoms with Crippen molar-refractivity contribution in [1.82, 2.24) is 20.0 Å². The van der Waals surface area contributed by atoms with Gasteiger partial charge in [-0.1, -0.05) is 28.9 Å². The van der Waals surface area contributed by atoms with Gasteiger partial charge >= 0.3 is 0 Å². The summed E-state index contributed by atoms with van der Waals surface area (Å²) in [5, 5.41) is 7.40. The van der Waals surface area contributed by atoms with E-state index < -0.39 is 0 Å². The standard InChI is InChI=1S/C19H15ClN4O3/c20-14-5-1-4-13(10-14)18-22-19(27-23-18)16-7-2-8-24(16)12-17(25)21-11-15-6-3-9-26-15/h1-10H,11-12H2,(H,21,25). The van der Waals surface area contributed by atoms with E-state index >= 15 is 0 Å². The average molecular weight is 383 g/mol. The lowest BCUT2D eigenvalue weighted by molar-refractivity contribution is -0.121. The van der Waals surface area contributed by atoms with Gasteiger partial charge < -0.3 is 18.8 Å². The Morgan fingerprint density at radius 1 is 1.19 bits per heavy atom. The number of amides is 1. The Hall–Kier alpha value is -3.32. The van der Waals surface area contributed by atoms with E-state index in [1.165, 1.54) is 0 Å². The summed E-state index contributed by atoms with van der Waals surface area (Å²) < 4.78 is 12.3. The second kappa shape index (κ2) is 7.51. The van der Waals surface area contributed by atoms with Gasteiger partial charge in [0, 0.05) is 16.8 Å². The molecule has 7 nitrogen and oxygen atoms in total. The fourth-order valence-corrected chi connectivity index (χ4v) is 2.82. The molecular weight excluding hydrogens is 368 g/mol. The van der Waals surface area contributed by atoms with E-state index in [0.717, 1.165) is 5.56 Å². The number of aromatic nitrogens is 3. The lowest BCUT2D eigenvalue weighted by Crippen LogP contribution is -2.26. The van der Waals surface area contributed by atoms with Crippen molar-refractivity contribution in [2.45, 2.75) is 13.1 Å². The van der Waals surface area contributed by atoms with E-state index in [1.807, 2.05) is 24.3 Å². The zero-order valence-corrected chi connectivity index (χ0v) is 14.9. The van der Waals surface area contributed by atoms with Crippen LogP contribution in [0.1, 0.15) is 5.76 Å². The minimum Gasteiger partial charge on any atom is -0.467 e. The fraction of sp³-hybridized carbons (Fsp3) is 0.105. The minimum atomic E-state index is -0.154. The van der Waals surface area contributed by atoms with Gasteiger partial charge in [-0.15, -0.1) is 0 Å². The third-order valence-corrected chi connectivity index (χ3v) is 4.15. The van der Waals surface area contributed by atoms with Crippen LogP contribution < -0.4 is 5.32 Å². The lowest BCUT2D eigenvalue weighted by atomic mass is 10.2. The number of hydrogen-bond donors (Lipinski definition) is 1. The summed E-state index contributed by atoms with van der Waals surface area (Å²) >= 11 is 6.01. The van der Waals surface area contributed by atoms with Gasteiger partial charge in [-0.3, -0.25) is 4.79 Å². The van der Waals surface area contributed by atoms with Crippen LogP contribution in [0.3, 0.4) is 0 Å². The number of halogens is 1. The Balaban J connectivity index is 1.48. The third-order valence-electron chi connectivity index (χ3n) is 3.91. The van der Waals surface area contributed by atoms with Gasteiger partial charge in [0.2, 0.25) is 11.7 Å². The number of benzene rings is 1. The van der Waals surface area contributed by atoms with E-state index in [9.17, 15) is 4.79 Å². The monoisotopic (exact) mass is 382 g/mol. The first-order chi connectivity index (χ1) is 13.2. The molecule has 0 fully saturated rings. The summed E-state index contributed by atoms with van der Waals surface area (Å²) in [7, 11) is 0. The highest BCUT2D eigenvalue weighted by Gasteiger charge is 2.15. The number of nitrogens with zero attached hydrogens (tertiary/aromatic N) is 3. The zero-order chi connectivity index (χ0) is 18.6. The Morgan fingerprint density at radius 2 is 2.11 bits per heavy atom. The number of rotatable bonds is 6. The number of carbonyl (C=O) groups excluding carboxylic acids is 1. The number of furan rings is 1. The normalized spacial score (nSPS) is 10.9. The minimum absolute atomic E-state index is 0.123. The van der Waals surface area contributed by atoms with Crippen LogP contribution in [-0.4, -0.2) is 20.6 Å². The van der Waals surface area contributed by atoms with E-state index in [4.69, 9.17) is 20.5 Å². The maximum atomic E-state index is 12.2. The molecule has 0 spiro atoms. The summed E-state index contributed by atoms with van der Waals surface area (Å²) in [5.41, 5.74) is 1.41. The molecule has 1 amide bonds. The van der Waals surface area contributed by atoms with Gasteiger partial charge in [-0.25, -0.2) is 0 Å². The Labute approximate surface area is 159 Å². The van der Waals surface area contributed by atoms with Crippen molar-refractivity contribution >= 4 is 17.5 Å². The molecular formula is C19H15ClN4O3. The highest BCUT2D eigenvalue weighted by Crippen LogP contribution is 2.24. The van der Waals surface area contributed by atoms with Crippen LogP contribution in [-0.2, 0) is 17.9 Å². The summed E-state index contributed by atoms with van der Waals surface area (Å²) in [6, 6.07) is 14.4. The van der Waals surface area contributed by atoms with Crippen molar-refractivity contribution < 1.29 is 13.7 Å². The van der Waals surface area contributed by atoms with Gasteiger partial charge in [0.05, 0.1) is 12.8 Å². The Bertz CT molecular complexity index is 1050. The van der Waals surface area contributed by atoms with Crippen molar-refractivity contribution in [1.29, 1.82) is 0 Å². The van der Waals surface area contributed by atoms with Crippen LogP contribution in [0.4, 0.5) is 0 Å². The van der Waals surface area contributed by atoms with Crippen LogP contribution in [0.15, 0.2) is 69.9 Å². The molecule has 3 aromatic heterocycles. The maximum Gasteiger partial charge on any atom is 0.274 e. The van der Waals surface area contributed by atoms with Gasteiger partial charge in [-0.05, 0) is 36.4 Å². The molecule has 0 aliphatic heterocycles. The molecule has 4 aromatic rings. The molecule has 0 unspecified atom stereocenters. The predicted molar refractivity (Wildman–Crippen MR) is 98.7 cm³/mol. The van der Waals surface area contributed by atoms with E-state index in [0.29, 0.717) is 34.7 Å². The second-order valence-corrected chi connectivity index (χ2v) is 6.25. The molecule has 27 heavy (non-hydrogen) atoms. The summed E-state index contributed by atoms with van der Waals surface area (Å²) in [6.45, 7) is 0.458. The summed E-state index contributed by atoms with van der Waals surface area (Å²) in [5.74, 6) is 1.30. The quantitative estimate of drug-likeness (QED) is 0.548. The first kappa shape index (κ1) is 17.1. The highest BCUT2D eigenvalue weighted by atomic mass is 35.5. The molecule has 1 N–H and O–H groups in total. The molecule has 0 saturated carbocycles. The Kier molecular flexibility index (Phi) is 4.76. The van der Waals surface area contributed by atoms with Gasteiger partial charge in [0.1, 0.15) is 18.0 Å². The van der Waals surface area contributed by atoms with Crippen LogP contribution in [0.25, 0.3) is 23.0 Å². The van der Waals surface area contributed by atoms with Gasteiger partial charge in [0.25, 0.3) is 5.89 Å². The first-order valence-corrected chi connectivity index (χ1v) is 8.61. The predicted octanol–water partition coefficient (Wildman–Crippen LogP) is 3.77. The summed E-state index contributed by atoms with van der Waals surface area (Å²) in [4.78, 5) is 16.6. The molecule has 0 saturated heterocycles. The van der Waals surface area contributed by atoms with E-state index in [-0.39, 0.29) is 12.5 Å². The van der Waals surface area contributed by atoms with Crippen LogP contribution in [0.5, 0.6) is 0 Å². The van der Waals surface area contributed by atoms with Crippen LogP contribution in [0, 0.1) is 0 Å². The molecule has 0 aliphatic rings. The molecule has 1 aromatic carbocycles. The molecule has 136 valence electrons. The molecule has 8 heteroatoms. The molecule has 0 radical (unpaired) electrons. The molecule has 3 heterocycles. The first-order valence-electron chi connectivity index (χ1n) is 8.23. The molecule has 4 rings (SSSR count). The van der Waals surface area contributed by atoms with Crippen LogP contribution in [0.2, 0.25) is 5.02 Å². The SMILES string of the molecule is O=C(Cn1cccc1-c1nc(-c2cccc(Cl)c2)no1)NCc1ccco1. The second-order valence-electron chi connectivity index (χ2n) is 5.81. The lowest BCUT2D eigenvalue weighted by Gasteiger charge is -2.07. The van der Waals surface area contributed by atoms with E-state index in [1.54, 1.807) is 41.3 Å². The average Bonchev–Trinajstić information content (AvgIpc) is 3.41. The van der Waals surface area contributed by atoms with Crippen molar-refractivity contribution in [3.63, 3.8) is 0 Å².